The number of hydrogen-bond acceptors (Lipinski definition) is 7. The van der Waals surface area contributed by atoms with E-state index in [1.807, 2.05) is 13.8 Å². The molecule has 2 unspecified atom stereocenters. The van der Waals surface area contributed by atoms with Gasteiger partial charge in [-0.1, -0.05) is 13.2 Å². The van der Waals surface area contributed by atoms with Crippen molar-refractivity contribution in [3.8, 4) is 0 Å². The monoisotopic (exact) mass is 414 g/mol. The van der Waals surface area contributed by atoms with Crippen LogP contribution in [0.25, 0.3) is 0 Å². The van der Waals surface area contributed by atoms with Crippen molar-refractivity contribution in [3.05, 3.63) is 24.7 Å². The molecular weight excluding hydrogens is 384 g/mol. The molecule has 9 heteroatoms. The number of carbonyl (C=O) groups excluding carboxylic acids is 2. The summed E-state index contributed by atoms with van der Waals surface area (Å²) >= 11 is 0. The summed E-state index contributed by atoms with van der Waals surface area (Å²) in [5.41, 5.74) is -1.59. The predicted octanol–water partition coefficient (Wildman–Crippen LogP) is 5.07. The Kier molecular flexibility index (Phi) is 5.71. The molecule has 0 aromatic heterocycles. The van der Waals surface area contributed by atoms with Crippen LogP contribution in [0, 0.1) is 0 Å². The van der Waals surface area contributed by atoms with Crippen molar-refractivity contribution in [1.29, 1.82) is 0 Å². The van der Waals surface area contributed by atoms with Gasteiger partial charge in [-0.05, 0) is 65.0 Å². The molecule has 0 aromatic carbocycles. The summed E-state index contributed by atoms with van der Waals surface area (Å²) in [4.78, 5) is 22.7. The van der Waals surface area contributed by atoms with Crippen LogP contribution in [0.3, 0.4) is 0 Å². The molecule has 0 aromatic rings. The van der Waals surface area contributed by atoms with Gasteiger partial charge in [0.25, 0.3) is 0 Å². The second-order valence-electron chi connectivity index (χ2n) is 8.84. The molecule has 0 radical (unpaired) electrons. The van der Waals surface area contributed by atoms with Crippen LogP contribution in [-0.2, 0) is 23.1 Å². The number of cyclic esters (lactones) is 4. The first-order valence-corrected chi connectivity index (χ1v) is 15.3. The molecule has 27 heavy (non-hydrogen) atoms. The minimum absolute atomic E-state index is 0.350. The molecule has 152 valence electrons. The summed E-state index contributed by atoms with van der Waals surface area (Å²) in [6, 6.07) is 1.61. The zero-order valence-corrected chi connectivity index (χ0v) is 19.1. The van der Waals surface area contributed by atoms with Gasteiger partial charge >= 0.3 is 12.3 Å². The lowest BCUT2D eigenvalue weighted by Crippen LogP contribution is -2.46. The van der Waals surface area contributed by atoms with Crippen molar-refractivity contribution < 1.29 is 32.7 Å². The summed E-state index contributed by atoms with van der Waals surface area (Å²) in [6.45, 7) is 19.8. The number of carbonyl (C=O) groups is 2. The number of rotatable bonds is 8. The van der Waals surface area contributed by atoms with E-state index in [0.29, 0.717) is 24.4 Å². The van der Waals surface area contributed by atoms with Gasteiger partial charge in [-0.3, -0.25) is 0 Å². The zero-order valence-electron chi connectivity index (χ0n) is 17.1. The highest BCUT2D eigenvalue weighted by atomic mass is 28.4. The van der Waals surface area contributed by atoms with Crippen molar-refractivity contribution in [2.45, 2.75) is 76.2 Å². The van der Waals surface area contributed by atoms with Crippen molar-refractivity contribution in [3.63, 3.8) is 0 Å². The first-order chi connectivity index (χ1) is 12.2. The van der Waals surface area contributed by atoms with Crippen LogP contribution in [-0.4, -0.2) is 40.1 Å². The predicted molar refractivity (Wildman–Crippen MR) is 105 cm³/mol. The van der Waals surface area contributed by atoms with Crippen LogP contribution in [0.1, 0.15) is 26.7 Å². The van der Waals surface area contributed by atoms with Crippen LogP contribution in [0.15, 0.2) is 24.7 Å². The minimum atomic E-state index is -2.02. The van der Waals surface area contributed by atoms with E-state index in [-0.39, 0.29) is 0 Å². The normalized spacial score (nSPS) is 28.7. The molecule has 2 heterocycles. The lowest BCUT2D eigenvalue weighted by molar-refractivity contribution is 0.0735. The van der Waals surface area contributed by atoms with E-state index < -0.39 is 40.1 Å². The Morgan fingerprint density at radius 2 is 1.15 bits per heavy atom. The first-order valence-electron chi connectivity index (χ1n) is 9.07. The summed E-state index contributed by atoms with van der Waals surface area (Å²) in [5.74, 6) is 0.701. The van der Waals surface area contributed by atoms with E-state index >= 15 is 0 Å². The Bertz CT molecular complexity index is 617. The third kappa shape index (κ3) is 5.23. The van der Waals surface area contributed by atoms with Gasteiger partial charge in [0.1, 0.15) is 11.5 Å². The molecule has 2 atom stereocenters. The van der Waals surface area contributed by atoms with Crippen LogP contribution in [0.5, 0.6) is 0 Å². The SMILES string of the molecule is C=C1OC(=O)OC1(C)CC[Si](C)(C)O[Si](C)(C)CCC1(C)OC(=O)OC1=C. The van der Waals surface area contributed by atoms with E-state index in [1.54, 1.807) is 0 Å². The van der Waals surface area contributed by atoms with Crippen LogP contribution in [0.2, 0.25) is 38.3 Å². The van der Waals surface area contributed by atoms with Gasteiger partial charge in [0.05, 0.1) is 0 Å². The lowest BCUT2D eigenvalue weighted by Gasteiger charge is -2.36. The molecule has 0 spiro atoms. The van der Waals surface area contributed by atoms with Crippen molar-refractivity contribution in [1.82, 2.24) is 0 Å². The molecule has 0 N–H and O–H groups in total. The van der Waals surface area contributed by atoms with E-state index in [1.165, 1.54) is 0 Å². The highest BCUT2D eigenvalue weighted by molar-refractivity contribution is 6.84. The molecule has 2 aliphatic heterocycles. The Hall–Kier alpha value is -1.59. The van der Waals surface area contributed by atoms with Gasteiger partial charge in [0.15, 0.2) is 27.8 Å². The molecule has 0 aliphatic carbocycles. The van der Waals surface area contributed by atoms with Gasteiger partial charge in [0, 0.05) is 0 Å². The molecule has 0 saturated carbocycles. The smallest absolute Gasteiger partial charge is 0.455 e. The largest absolute Gasteiger partial charge is 0.514 e. The Labute approximate surface area is 162 Å². The average Bonchev–Trinajstić information content (AvgIpc) is 2.90. The van der Waals surface area contributed by atoms with Crippen molar-refractivity contribution in [2.75, 3.05) is 0 Å². The van der Waals surface area contributed by atoms with E-state index in [4.69, 9.17) is 23.1 Å². The molecule has 0 bridgehead atoms. The summed E-state index contributed by atoms with van der Waals surface area (Å²) < 4.78 is 27.0. The summed E-state index contributed by atoms with van der Waals surface area (Å²) in [5, 5.41) is 0. The molecule has 2 aliphatic rings. The fourth-order valence-corrected chi connectivity index (χ4v) is 12.2. The second-order valence-corrected chi connectivity index (χ2v) is 17.7. The number of hydrogen-bond donors (Lipinski definition) is 0. The Morgan fingerprint density at radius 3 is 1.41 bits per heavy atom. The molecule has 2 saturated heterocycles. The molecule has 2 rings (SSSR count). The average molecular weight is 415 g/mol. The maximum Gasteiger partial charge on any atom is 0.514 e. The molecule has 0 amide bonds. The maximum absolute atomic E-state index is 11.3. The van der Waals surface area contributed by atoms with Crippen LogP contribution >= 0.6 is 0 Å². The topological polar surface area (TPSA) is 80.3 Å². The highest BCUT2D eigenvalue weighted by Crippen LogP contribution is 2.38. The highest BCUT2D eigenvalue weighted by Gasteiger charge is 2.46. The zero-order chi connectivity index (χ0) is 20.7. The lowest BCUT2D eigenvalue weighted by atomic mass is 10.0. The third-order valence-electron chi connectivity index (χ3n) is 5.17. The summed E-state index contributed by atoms with van der Waals surface area (Å²) in [6.07, 6.45) is -0.165. The van der Waals surface area contributed by atoms with Crippen molar-refractivity contribution in [2.24, 2.45) is 0 Å². The van der Waals surface area contributed by atoms with E-state index in [9.17, 15) is 9.59 Å². The standard InChI is InChI=1S/C18H30O7Si2/c1-13-17(3,23-15(19)21-13)9-11-26(5,6)25-27(7,8)12-10-18(4)14(2)22-16(20)24-18/h1-2,9-12H2,3-8H3. The Morgan fingerprint density at radius 1 is 0.815 bits per heavy atom. The molecular formula is C18H30O7Si2. The van der Waals surface area contributed by atoms with Crippen LogP contribution < -0.4 is 0 Å². The molecule has 7 nitrogen and oxygen atoms in total. The Balaban J connectivity index is 1.91. The van der Waals surface area contributed by atoms with Gasteiger partial charge in [-0.25, -0.2) is 9.59 Å². The minimum Gasteiger partial charge on any atom is -0.455 e. The number of ether oxygens (including phenoxy) is 4. The first kappa shape index (κ1) is 21.7. The van der Waals surface area contributed by atoms with Gasteiger partial charge < -0.3 is 23.1 Å². The van der Waals surface area contributed by atoms with Crippen LogP contribution in [0.4, 0.5) is 9.59 Å². The molecule has 2 fully saturated rings. The quantitative estimate of drug-likeness (QED) is 0.405. The fraction of sp³-hybridized carbons (Fsp3) is 0.667. The third-order valence-corrected chi connectivity index (χ3v) is 12.5. The second kappa shape index (κ2) is 7.10. The fourth-order valence-electron chi connectivity index (χ4n) is 3.25. The van der Waals surface area contributed by atoms with Gasteiger partial charge in [-0.15, -0.1) is 0 Å². The van der Waals surface area contributed by atoms with Gasteiger partial charge in [-0.2, -0.15) is 0 Å². The van der Waals surface area contributed by atoms with E-state index in [0.717, 1.165) is 12.1 Å². The van der Waals surface area contributed by atoms with Crippen molar-refractivity contribution >= 4 is 28.9 Å². The van der Waals surface area contributed by atoms with E-state index in [2.05, 4.69) is 39.3 Å². The van der Waals surface area contributed by atoms with Gasteiger partial charge in [0.2, 0.25) is 0 Å². The maximum atomic E-state index is 11.3. The summed E-state index contributed by atoms with van der Waals surface area (Å²) in [7, 11) is -4.05.